The second-order valence-electron chi connectivity index (χ2n) is 7.43. The highest BCUT2D eigenvalue weighted by Gasteiger charge is 2.41. The van der Waals surface area contributed by atoms with E-state index in [1.807, 2.05) is 0 Å². The quantitative estimate of drug-likeness (QED) is 0.218. The van der Waals surface area contributed by atoms with Crippen molar-refractivity contribution in [3.63, 3.8) is 0 Å². The Kier molecular flexibility index (Phi) is 6.43. The van der Waals surface area contributed by atoms with Crippen LogP contribution in [0.2, 0.25) is 10.0 Å². The number of Topliss-reactive ketones (excluding diaryl/α,β-unsaturated/α-hetero) is 1. The highest BCUT2D eigenvalue weighted by molar-refractivity contribution is 6.35. The molecule has 3 aromatic carbocycles. The van der Waals surface area contributed by atoms with Gasteiger partial charge in [0.05, 0.1) is 12.7 Å². The number of cyclic esters (lactones) is 1. The Morgan fingerprint density at radius 2 is 1.62 bits per heavy atom. The lowest BCUT2D eigenvalue weighted by molar-refractivity contribution is -0.138. The summed E-state index contributed by atoms with van der Waals surface area (Å²) in [7, 11) is 1.33. The summed E-state index contributed by atoms with van der Waals surface area (Å²) in [5.41, 5.74) is 0.0621. The molecule has 1 unspecified atom stereocenters. The van der Waals surface area contributed by atoms with Crippen LogP contribution in [-0.4, -0.2) is 18.9 Å². The highest BCUT2D eigenvalue weighted by Crippen LogP contribution is 2.41. The number of alkyl halides is 3. The van der Waals surface area contributed by atoms with Crippen molar-refractivity contribution in [3.8, 4) is 16.9 Å². The number of hydrogen-bond donors (Lipinski definition) is 0. The molecule has 3 aromatic rings. The Hall–Kier alpha value is -3.29. The fraction of sp³-hybridized carbons (Fsp3) is 0.120. The normalized spacial score (nSPS) is 17.2. The Labute approximate surface area is 202 Å². The van der Waals surface area contributed by atoms with Crippen molar-refractivity contribution in [3.05, 3.63) is 93.2 Å². The molecule has 1 aliphatic rings. The average Bonchev–Trinajstić information content (AvgIpc) is 3.05. The van der Waals surface area contributed by atoms with E-state index in [0.29, 0.717) is 11.1 Å². The maximum absolute atomic E-state index is 13.5. The first-order chi connectivity index (χ1) is 16.1. The van der Waals surface area contributed by atoms with Crippen molar-refractivity contribution in [2.45, 2.75) is 12.1 Å². The molecule has 1 fully saturated rings. The molecule has 0 N–H and O–H groups in total. The topological polar surface area (TPSA) is 52.6 Å². The standard InChI is InChI=1S/C25H15Cl2F3O4/c1-33-20-8-13(6-7-18(20)17-4-2-3-5-19(17)25(28,29)30)9-21-23(31)22(24(32)34-21)14-10-15(26)12-16(27)11-14/h2-12,22H,1H3/b21-9-. The van der Waals surface area contributed by atoms with Gasteiger partial charge in [-0.25, -0.2) is 0 Å². The number of rotatable bonds is 4. The summed E-state index contributed by atoms with van der Waals surface area (Å²) < 4.78 is 50.9. The highest BCUT2D eigenvalue weighted by atomic mass is 35.5. The number of carbonyl (C=O) groups is 2. The summed E-state index contributed by atoms with van der Waals surface area (Å²) in [6, 6.07) is 13.9. The Balaban J connectivity index is 1.70. The van der Waals surface area contributed by atoms with Crippen LogP contribution in [0.3, 0.4) is 0 Å². The van der Waals surface area contributed by atoms with Gasteiger partial charge in [-0.15, -0.1) is 0 Å². The first-order valence-corrected chi connectivity index (χ1v) is 10.6. The van der Waals surface area contributed by atoms with Crippen LogP contribution in [-0.2, 0) is 20.5 Å². The average molecular weight is 507 g/mol. The third-order valence-corrected chi connectivity index (χ3v) is 5.65. The molecule has 0 spiro atoms. The fourth-order valence-corrected chi connectivity index (χ4v) is 4.28. The second-order valence-corrected chi connectivity index (χ2v) is 8.31. The summed E-state index contributed by atoms with van der Waals surface area (Å²) in [6.45, 7) is 0. The lowest BCUT2D eigenvalue weighted by atomic mass is 9.95. The van der Waals surface area contributed by atoms with Crippen LogP contribution in [0.1, 0.15) is 22.6 Å². The molecule has 4 rings (SSSR count). The first-order valence-electron chi connectivity index (χ1n) is 9.86. The van der Waals surface area contributed by atoms with Crippen molar-refractivity contribution in [2.24, 2.45) is 0 Å². The van der Waals surface area contributed by atoms with E-state index >= 15 is 0 Å². The molecule has 0 aromatic heterocycles. The van der Waals surface area contributed by atoms with Crippen molar-refractivity contribution < 1.29 is 32.2 Å². The SMILES string of the molecule is COc1cc(/C=C2\OC(=O)C(c3cc(Cl)cc(Cl)c3)C2=O)ccc1-c1ccccc1C(F)(F)F. The van der Waals surface area contributed by atoms with Gasteiger partial charge in [0.1, 0.15) is 11.7 Å². The number of esters is 1. The largest absolute Gasteiger partial charge is 0.496 e. The van der Waals surface area contributed by atoms with E-state index < -0.39 is 29.4 Å². The molecule has 9 heteroatoms. The van der Waals surface area contributed by atoms with E-state index in [9.17, 15) is 22.8 Å². The van der Waals surface area contributed by atoms with Crippen LogP contribution in [0.25, 0.3) is 17.2 Å². The molecule has 4 nitrogen and oxygen atoms in total. The molecule has 1 atom stereocenters. The number of hydrogen-bond acceptors (Lipinski definition) is 4. The third-order valence-electron chi connectivity index (χ3n) is 5.22. The summed E-state index contributed by atoms with van der Waals surface area (Å²) in [5, 5.41) is 0.528. The summed E-state index contributed by atoms with van der Waals surface area (Å²) in [4.78, 5) is 25.3. The molecule has 0 radical (unpaired) electrons. The zero-order valence-electron chi connectivity index (χ0n) is 17.5. The second kappa shape index (κ2) is 9.16. The molecule has 0 amide bonds. The minimum atomic E-state index is -4.55. The van der Waals surface area contributed by atoms with E-state index in [-0.39, 0.29) is 32.7 Å². The van der Waals surface area contributed by atoms with Crippen LogP contribution >= 0.6 is 23.2 Å². The lowest BCUT2D eigenvalue weighted by Crippen LogP contribution is -2.12. The van der Waals surface area contributed by atoms with Gasteiger partial charge in [0.15, 0.2) is 5.76 Å². The van der Waals surface area contributed by atoms with Crippen molar-refractivity contribution in [2.75, 3.05) is 7.11 Å². The van der Waals surface area contributed by atoms with Crippen LogP contribution in [0.15, 0.2) is 66.4 Å². The number of carbonyl (C=O) groups excluding carboxylic acids is 2. The van der Waals surface area contributed by atoms with Crippen molar-refractivity contribution >= 4 is 41.0 Å². The van der Waals surface area contributed by atoms with E-state index in [1.54, 1.807) is 0 Å². The van der Waals surface area contributed by atoms with Gasteiger partial charge in [-0.05, 0) is 53.1 Å². The molecule has 1 heterocycles. The van der Waals surface area contributed by atoms with E-state index in [2.05, 4.69) is 0 Å². The number of halogens is 5. The van der Waals surface area contributed by atoms with E-state index in [0.717, 1.165) is 6.07 Å². The monoisotopic (exact) mass is 506 g/mol. The van der Waals surface area contributed by atoms with E-state index in [1.165, 1.54) is 67.8 Å². The van der Waals surface area contributed by atoms with Crippen molar-refractivity contribution in [1.82, 2.24) is 0 Å². The van der Waals surface area contributed by atoms with Gasteiger partial charge in [-0.1, -0.05) is 53.5 Å². The molecule has 174 valence electrons. The number of ether oxygens (including phenoxy) is 2. The maximum Gasteiger partial charge on any atom is 0.417 e. The van der Waals surface area contributed by atoms with Gasteiger partial charge in [0.25, 0.3) is 0 Å². The third kappa shape index (κ3) is 4.67. The zero-order valence-corrected chi connectivity index (χ0v) is 19.0. The van der Waals surface area contributed by atoms with Crippen LogP contribution in [0.4, 0.5) is 13.2 Å². The number of methoxy groups -OCH3 is 1. The predicted octanol–water partition coefficient (Wildman–Crippen LogP) is 6.94. The molecule has 1 saturated heterocycles. The molecule has 0 bridgehead atoms. The van der Waals surface area contributed by atoms with Gasteiger partial charge in [0.2, 0.25) is 5.78 Å². The molecular weight excluding hydrogens is 492 g/mol. The van der Waals surface area contributed by atoms with Gasteiger partial charge in [-0.2, -0.15) is 13.2 Å². The Morgan fingerprint density at radius 1 is 0.941 bits per heavy atom. The van der Waals surface area contributed by atoms with Crippen LogP contribution < -0.4 is 4.74 Å². The van der Waals surface area contributed by atoms with E-state index in [4.69, 9.17) is 32.7 Å². The lowest BCUT2D eigenvalue weighted by Gasteiger charge is -2.15. The molecule has 0 aliphatic carbocycles. The van der Waals surface area contributed by atoms with Gasteiger partial charge in [-0.3, -0.25) is 9.59 Å². The number of benzene rings is 3. The maximum atomic E-state index is 13.5. The van der Waals surface area contributed by atoms with Crippen LogP contribution in [0.5, 0.6) is 5.75 Å². The number of allylic oxidation sites excluding steroid dienone is 1. The van der Waals surface area contributed by atoms with Gasteiger partial charge in [0, 0.05) is 15.6 Å². The minimum absolute atomic E-state index is 0.0488. The Bertz CT molecular complexity index is 1310. The molecule has 1 aliphatic heterocycles. The summed E-state index contributed by atoms with van der Waals surface area (Å²) >= 11 is 12.0. The fourth-order valence-electron chi connectivity index (χ4n) is 3.73. The minimum Gasteiger partial charge on any atom is -0.496 e. The zero-order chi connectivity index (χ0) is 24.6. The predicted molar refractivity (Wildman–Crippen MR) is 122 cm³/mol. The van der Waals surface area contributed by atoms with Crippen molar-refractivity contribution in [1.29, 1.82) is 0 Å². The first kappa shape index (κ1) is 23.9. The Morgan fingerprint density at radius 3 is 2.26 bits per heavy atom. The van der Waals surface area contributed by atoms with Gasteiger partial charge >= 0.3 is 12.1 Å². The summed E-state index contributed by atoms with van der Waals surface area (Å²) in [5.74, 6) is -2.65. The van der Waals surface area contributed by atoms with Crippen LogP contribution in [0, 0.1) is 0 Å². The molecule has 0 saturated carbocycles. The van der Waals surface area contributed by atoms with Gasteiger partial charge < -0.3 is 9.47 Å². The summed E-state index contributed by atoms with van der Waals surface area (Å²) in [6.07, 6.45) is -3.22. The molecular formula is C25H15Cl2F3O4. The molecule has 34 heavy (non-hydrogen) atoms. The number of ketones is 1. The smallest absolute Gasteiger partial charge is 0.417 e.